The Morgan fingerprint density at radius 2 is 1.87 bits per heavy atom. The third-order valence-electron chi connectivity index (χ3n) is 8.94. The fraction of sp³-hybridized carbons (Fsp3) is 0.857. The smallest absolute Gasteiger partial charge is 0.136 e. The van der Waals surface area contributed by atoms with Crippen LogP contribution in [0, 0.1) is 34.5 Å². The molecule has 4 aliphatic carbocycles. The van der Waals surface area contributed by atoms with Crippen molar-refractivity contribution in [1.82, 2.24) is 5.32 Å². The van der Waals surface area contributed by atoms with Gasteiger partial charge < -0.3 is 5.32 Å². The molecule has 23 heavy (non-hydrogen) atoms. The largest absolute Gasteiger partial charge is 0.311 e. The topological polar surface area (TPSA) is 39.0 Å². The van der Waals surface area contributed by atoms with Crippen molar-refractivity contribution in [2.75, 3.05) is 6.54 Å². The Kier molecular flexibility index (Phi) is 3.01. The summed E-state index contributed by atoms with van der Waals surface area (Å²) >= 11 is 0. The molecule has 1 saturated heterocycles. The second kappa shape index (κ2) is 4.71. The summed E-state index contributed by atoms with van der Waals surface area (Å²) in [6.45, 7) is 6.39. The van der Waals surface area contributed by atoms with Gasteiger partial charge in [0, 0.05) is 25.4 Å². The fourth-order valence-corrected chi connectivity index (χ4v) is 7.53. The number of fused-ring (bicyclic) bond motifs is 5. The zero-order chi connectivity index (χ0) is 15.8. The maximum absolute atomic E-state index is 11.9. The van der Waals surface area contributed by atoms with E-state index in [4.69, 9.17) is 0 Å². The number of hydrogen-bond acceptors (Lipinski definition) is 2. The first-order valence-electron chi connectivity index (χ1n) is 9.97. The number of allylic oxidation sites excluding steroid dienone is 2. The highest BCUT2D eigenvalue weighted by Gasteiger charge is 2.60. The number of hydrogen-bond donors (Lipinski definition) is 1. The van der Waals surface area contributed by atoms with Crippen molar-refractivity contribution in [3.05, 3.63) is 11.6 Å². The van der Waals surface area contributed by atoms with Crippen LogP contribution in [0.5, 0.6) is 0 Å². The number of nitrogens with one attached hydrogen (secondary N) is 1. The summed E-state index contributed by atoms with van der Waals surface area (Å²) in [5.41, 5.74) is 2.44. The molecule has 7 atom stereocenters. The molecule has 0 aromatic carbocycles. The van der Waals surface area contributed by atoms with Crippen LogP contribution in [-0.4, -0.2) is 18.4 Å². The molecule has 0 unspecified atom stereocenters. The zero-order valence-electron chi connectivity index (χ0n) is 14.7. The van der Waals surface area contributed by atoms with Crippen molar-refractivity contribution < 1.29 is 4.79 Å². The Balaban J connectivity index is 1.48. The summed E-state index contributed by atoms with van der Waals surface area (Å²) < 4.78 is 0. The SMILES string of the molecule is C[C@]12CC[C@H]3[C@@H](CC=C4CC(=O)CC[C@@]43C)[C@@H]1CC[C@@H]2[C@@H]1CN1. The minimum absolute atomic E-state index is 0.341. The van der Waals surface area contributed by atoms with Crippen LogP contribution in [0.4, 0.5) is 0 Å². The van der Waals surface area contributed by atoms with Gasteiger partial charge in [-0.05, 0) is 73.0 Å². The molecule has 5 aliphatic rings. The molecule has 1 N–H and O–H groups in total. The first kappa shape index (κ1) is 14.7. The normalized spacial score (nSPS) is 54.8. The lowest BCUT2D eigenvalue weighted by Crippen LogP contribution is -2.50. The number of rotatable bonds is 1. The van der Waals surface area contributed by atoms with Crippen molar-refractivity contribution in [1.29, 1.82) is 0 Å². The lowest BCUT2D eigenvalue weighted by molar-refractivity contribution is -0.122. The number of Topliss-reactive ketones (excluding diaryl/α,β-unsaturated/α-hetero) is 1. The van der Waals surface area contributed by atoms with Crippen molar-refractivity contribution in [3.63, 3.8) is 0 Å². The van der Waals surface area contributed by atoms with Crippen LogP contribution < -0.4 is 5.32 Å². The van der Waals surface area contributed by atoms with Gasteiger partial charge in [-0.25, -0.2) is 0 Å². The number of carbonyl (C=O) groups is 1. The van der Waals surface area contributed by atoms with Crippen molar-refractivity contribution in [3.8, 4) is 0 Å². The van der Waals surface area contributed by atoms with Crippen LogP contribution in [0.2, 0.25) is 0 Å². The maximum atomic E-state index is 11.9. The molecule has 0 amide bonds. The van der Waals surface area contributed by atoms with Crippen molar-refractivity contribution in [2.45, 2.75) is 71.3 Å². The Labute approximate surface area is 140 Å². The Morgan fingerprint density at radius 3 is 2.65 bits per heavy atom. The third-order valence-corrected chi connectivity index (χ3v) is 8.94. The lowest BCUT2D eigenvalue weighted by atomic mass is 9.47. The van der Waals surface area contributed by atoms with Gasteiger partial charge in [0.15, 0.2) is 0 Å². The molecule has 126 valence electrons. The molecule has 5 rings (SSSR count). The van der Waals surface area contributed by atoms with E-state index in [0.29, 0.717) is 16.6 Å². The highest BCUT2D eigenvalue weighted by molar-refractivity contribution is 5.82. The highest BCUT2D eigenvalue weighted by atomic mass is 16.1. The predicted molar refractivity (Wildman–Crippen MR) is 92.0 cm³/mol. The van der Waals surface area contributed by atoms with E-state index in [1.54, 1.807) is 0 Å². The molecule has 1 aliphatic heterocycles. The van der Waals surface area contributed by atoms with E-state index < -0.39 is 0 Å². The van der Waals surface area contributed by atoms with E-state index in [0.717, 1.165) is 49.0 Å². The van der Waals surface area contributed by atoms with Gasteiger partial charge in [-0.2, -0.15) is 0 Å². The van der Waals surface area contributed by atoms with Crippen LogP contribution in [-0.2, 0) is 4.79 Å². The van der Waals surface area contributed by atoms with Crippen molar-refractivity contribution >= 4 is 5.78 Å². The van der Waals surface area contributed by atoms with Crippen LogP contribution >= 0.6 is 0 Å². The summed E-state index contributed by atoms with van der Waals surface area (Å²) in [5, 5.41) is 3.61. The summed E-state index contributed by atoms with van der Waals surface area (Å²) in [4.78, 5) is 11.9. The van der Waals surface area contributed by atoms with E-state index in [9.17, 15) is 4.79 Å². The van der Waals surface area contributed by atoms with Gasteiger partial charge in [0.2, 0.25) is 0 Å². The van der Waals surface area contributed by atoms with E-state index in [1.165, 1.54) is 44.2 Å². The van der Waals surface area contributed by atoms with Gasteiger partial charge >= 0.3 is 0 Å². The quantitative estimate of drug-likeness (QED) is 0.584. The molecule has 1 heterocycles. The molecule has 0 aromatic heterocycles. The Bertz CT molecular complexity index is 576. The molecule has 0 aromatic rings. The van der Waals surface area contributed by atoms with Crippen molar-refractivity contribution in [2.24, 2.45) is 34.5 Å². The molecule has 0 radical (unpaired) electrons. The number of carbonyl (C=O) groups excluding carboxylic acids is 1. The monoisotopic (exact) mass is 313 g/mol. The number of ketones is 1. The summed E-state index contributed by atoms with van der Waals surface area (Å²) in [6.07, 6.45) is 12.2. The molecular formula is C21H31NO. The zero-order valence-corrected chi connectivity index (χ0v) is 14.7. The molecule has 3 saturated carbocycles. The van der Waals surface area contributed by atoms with Gasteiger partial charge in [0.25, 0.3) is 0 Å². The fourth-order valence-electron chi connectivity index (χ4n) is 7.53. The van der Waals surface area contributed by atoms with E-state index in [2.05, 4.69) is 25.2 Å². The van der Waals surface area contributed by atoms with Crippen LogP contribution in [0.25, 0.3) is 0 Å². The second-order valence-electron chi connectivity index (χ2n) is 9.72. The van der Waals surface area contributed by atoms with Gasteiger partial charge in [-0.15, -0.1) is 0 Å². The highest BCUT2D eigenvalue weighted by Crippen LogP contribution is 2.66. The molecule has 2 nitrogen and oxygen atoms in total. The Hall–Kier alpha value is -0.630. The van der Waals surface area contributed by atoms with Gasteiger partial charge in [0.1, 0.15) is 5.78 Å². The second-order valence-corrected chi connectivity index (χ2v) is 9.72. The minimum atomic E-state index is 0.341. The summed E-state index contributed by atoms with van der Waals surface area (Å²) in [7, 11) is 0. The van der Waals surface area contributed by atoms with Crippen LogP contribution in [0.3, 0.4) is 0 Å². The first-order valence-corrected chi connectivity index (χ1v) is 9.97. The summed E-state index contributed by atoms with van der Waals surface area (Å²) in [5.74, 6) is 4.08. The molecule has 0 spiro atoms. The average molecular weight is 313 g/mol. The molecule has 4 fully saturated rings. The molecule has 2 heteroatoms. The van der Waals surface area contributed by atoms with E-state index in [-0.39, 0.29) is 0 Å². The van der Waals surface area contributed by atoms with E-state index in [1.807, 2.05) is 0 Å². The predicted octanol–water partition coefficient (Wildman–Crippen LogP) is 4.11. The standard InChI is InChI=1S/C21H31NO/c1-20-9-7-14(23)11-13(20)3-4-15-16-5-6-18(19-12-22-19)21(16,2)10-8-17(15)20/h3,15-19,22H,4-12H2,1-2H3/t15-,16-,17-,18+,19-,20-,21-/m0/s1. The van der Waals surface area contributed by atoms with E-state index >= 15 is 0 Å². The first-order chi connectivity index (χ1) is 11.0. The van der Waals surface area contributed by atoms with Gasteiger partial charge in [-0.1, -0.05) is 25.5 Å². The lowest BCUT2D eigenvalue weighted by Gasteiger charge is -2.57. The van der Waals surface area contributed by atoms with Gasteiger partial charge in [0.05, 0.1) is 0 Å². The Morgan fingerprint density at radius 1 is 1.09 bits per heavy atom. The van der Waals surface area contributed by atoms with Crippen LogP contribution in [0.1, 0.15) is 65.2 Å². The maximum Gasteiger partial charge on any atom is 0.136 e. The minimum Gasteiger partial charge on any atom is -0.311 e. The van der Waals surface area contributed by atoms with Gasteiger partial charge in [-0.3, -0.25) is 4.79 Å². The average Bonchev–Trinajstić information content (AvgIpc) is 3.29. The summed E-state index contributed by atoms with van der Waals surface area (Å²) in [6, 6.07) is 0.833. The molecular weight excluding hydrogens is 282 g/mol. The third kappa shape index (κ3) is 1.94. The van der Waals surface area contributed by atoms with Crippen LogP contribution in [0.15, 0.2) is 11.6 Å². The molecule has 0 bridgehead atoms.